The number of carbonyl (C=O) groups is 2. The summed E-state index contributed by atoms with van der Waals surface area (Å²) in [5.41, 5.74) is -0.295. The average molecular weight is 241 g/mol. The topological polar surface area (TPSA) is 66.8 Å². The summed E-state index contributed by atoms with van der Waals surface area (Å²) >= 11 is 0. The minimum atomic E-state index is -0.970. The maximum Gasteiger partial charge on any atom is 0.414 e. The van der Waals surface area contributed by atoms with Crippen LogP contribution in [0.4, 0.5) is 4.79 Å². The highest BCUT2D eigenvalue weighted by molar-refractivity contribution is 5.89. The SMILES string of the molecule is CCC1CN(C(=O)OC(C)(C)C)C=C1C(=O)O. The minimum absolute atomic E-state index is 0.111. The molecule has 5 nitrogen and oxygen atoms in total. The van der Waals surface area contributed by atoms with E-state index in [2.05, 4.69) is 0 Å². The van der Waals surface area contributed by atoms with Gasteiger partial charge in [-0.05, 0) is 27.2 Å². The maximum absolute atomic E-state index is 11.8. The Hall–Kier alpha value is -1.52. The minimum Gasteiger partial charge on any atom is -0.478 e. The molecule has 1 amide bonds. The van der Waals surface area contributed by atoms with Crippen molar-refractivity contribution < 1.29 is 19.4 Å². The fourth-order valence-corrected chi connectivity index (χ4v) is 1.69. The summed E-state index contributed by atoms with van der Waals surface area (Å²) in [6.45, 7) is 7.62. The molecule has 1 unspecified atom stereocenters. The highest BCUT2D eigenvalue weighted by Crippen LogP contribution is 2.26. The fourth-order valence-electron chi connectivity index (χ4n) is 1.69. The van der Waals surface area contributed by atoms with E-state index in [1.165, 1.54) is 11.1 Å². The number of carbonyl (C=O) groups excluding carboxylic acids is 1. The standard InChI is InChI=1S/C12H19NO4/c1-5-8-6-13(7-9(8)10(14)15)11(16)17-12(2,3)4/h7-8H,5-6H2,1-4H3,(H,14,15). The predicted molar refractivity (Wildman–Crippen MR) is 62.4 cm³/mol. The number of nitrogens with zero attached hydrogens (tertiary/aromatic N) is 1. The Bertz CT molecular complexity index is 354. The van der Waals surface area contributed by atoms with E-state index in [1.54, 1.807) is 20.8 Å². The lowest BCUT2D eigenvalue weighted by atomic mass is 10.0. The largest absolute Gasteiger partial charge is 0.478 e. The Morgan fingerprint density at radius 3 is 2.47 bits per heavy atom. The normalized spacial score (nSPS) is 20.1. The van der Waals surface area contributed by atoms with Gasteiger partial charge in [-0.25, -0.2) is 9.59 Å². The molecular formula is C12H19NO4. The molecule has 1 atom stereocenters. The number of aliphatic carboxylic acids is 1. The highest BCUT2D eigenvalue weighted by Gasteiger charge is 2.32. The molecule has 96 valence electrons. The molecule has 1 heterocycles. The van der Waals surface area contributed by atoms with E-state index in [1.807, 2.05) is 6.92 Å². The van der Waals surface area contributed by atoms with Gasteiger partial charge in [0.2, 0.25) is 0 Å². The van der Waals surface area contributed by atoms with Gasteiger partial charge >= 0.3 is 12.1 Å². The lowest BCUT2D eigenvalue weighted by molar-refractivity contribution is -0.133. The zero-order chi connectivity index (χ0) is 13.2. The molecule has 0 aliphatic carbocycles. The van der Waals surface area contributed by atoms with Crippen molar-refractivity contribution in [3.8, 4) is 0 Å². The van der Waals surface area contributed by atoms with Gasteiger partial charge in [-0.1, -0.05) is 6.92 Å². The number of amides is 1. The Morgan fingerprint density at radius 1 is 1.53 bits per heavy atom. The Kier molecular flexibility index (Phi) is 3.80. The van der Waals surface area contributed by atoms with Gasteiger partial charge in [0.1, 0.15) is 5.60 Å². The average Bonchev–Trinajstić information content (AvgIpc) is 2.58. The van der Waals surface area contributed by atoms with Crippen molar-refractivity contribution in [2.75, 3.05) is 6.54 Å². The van der Waals surface area contributed by atoms with Gasteiger partial charge in [-0.2, -0.15) is 0 Å². The van der Waals surface area contributed by atoms with Crippen LogP contribution in [0.5, 0.6) is 0 Å². The van der Waals surface area contributed by atoms with Gasteiger partial charge in [0.15, 0.2) is 0 Å². The molecular weight excluding hydrogens is 222 g/mol. The number of carboxylic acids is 1. The quantitative estimate of drug-likeness (QED) is 0.805. The predicted octanol–water partition coefficient (Wildman–Crippen LogP) is 2.23. The van der Waals surface area contributed by atoms with Crippen LogP contribution in [0.3, 0.4) is 0 Å². The third-order valence-corrected chi connectivity index (χ3v) is 2.52. The molecule has 1 aliphatic heterocycles. The molecule has 0 saturated carbocycles. The number of ether oxygens (including phenoxy) is 1. The van der Waals surface area contributed by atoms with E-state index in [9.17, 15) is 9.59 Å². The van der Waals surface area contributed by atoms with Gasteiger partial charge in [0.05, 0.1) is 5.57 Å². The maximum atomic E-state index is 11.8. The van der Waals surface area contributed by atoms with Crippen LogP contribution >= 0.6 is 0 Å². The smallest absolute Gasteiger partial charge is 0.414 e. The second-order valence-corrected chi connectivity index (χ2v) is 5.13. The highest BCUT2D eigenvalue weighted by atomic mass is 16.6. The first-order chi connectivity index (χ1) is 7.74. The molecule has 1 rings (SSSR count). The van der Waals surface area contributed by atoms with Crippen LogP contribution in [-0.4, -0.2) is 34.2 Å². The van der Waals surface area contributed by atoms with Crippen LogP contribution in [0.2, 0.25) is 0 Å². The summed E-state index contributed by atoms with van der Waals surface area (Å²) in [7, 11) is 0. The van der Waals surface area contributed by atoms with Crippen molar-refractivity contribution in [3.63, 3.8) is 0 Å². The zero-order valence-corrected chi connectivity index (χ0v) is 10.7. The summed E-state index contributed by atoms with van der Waals surface area (Å²) in [6.07, 6.45) is 1.58. The molecule has 0 fully saturated rings. The lowest BCUT2D eigenvalue weighted by Crippen LogP contribution is -2.33. The van der Waals surface area contributed by atoms with Crippen molar-refractivity contribution in [1.29, 1.82) is 0 Å². The lowest BCUT2D eigenvalue weighted by Gasteiger charge is -2.23. The summed E-state index contributed by atoms with van der Waals surface area (Å²) in [5, 5.41) is 9.00. The van der Waals surface area contributed by atoms with Gasteiger partial charge in [0.25, 0.3) is 0 Å². The molecule has 1 aliphatic rings. The second kappa shape index (κ2) is 4.77. The summed E-state index contributed by atoms with van der Waals surface area (Å²) in [6, 6.07) is 0. The monoisotopic (exact) mass is 241 g/mol. The molecule has 0 aromatic heterocycles. The number of hydrogen-bond acceptors (Lipinski definition) is 3. The Labute approximate surface area is 101 Å². The first kappa shape index (κ1) is 13.5. The Morgan fingerprint density at radius 2 is 2.12 bits per heavy atom. The molecule has 0 spiro atoms. The summed E-state index contributed by atoms with van der Waals surface area (Å²) in [4.78, 5) is 24.1. The first-order valence-electron chi connectivity index (χ1n) is 5.69. The van der Waals surface area contributed by atoms with E-state index in [-0.39, 0.29) is 11.5 Å². The van der Waals surface area contributed by atoms with Gasteiger partial charge in [-0.3, -0.25) is 4.90 Å². The van der Waals surface area contributed by atoms with Crippen LogP contribution < -0.4 is 0 Å². The first-order valence-corrected chi connectivity index (χ1v) is 5.69. The van der Waals surface area contributed by atoms with E-state index < -0.39 is 17.7 Å². The molecule has 0 aromatic rings. The number of hydrogen-bond donors (Lipinski definition) is 1. The van der Waals surface area contributed by atoms with Crippen molar-refractivity contribution >= 4 is 12.1 Å². The summed E-state index contributed by atoms with van der Waals surface area (Å²) in [5.74, 6) is -1.08. The van der Waals surface area contributed by atoms with Crippen LogP contribution in [0.25, 0.3) is 0 Å². The van der Waals surface area contributed by atoms with Crippen molar-refractivity contribution in [2.45, 2.75) is 39.7 Å². The van der Waals surface area contributed by atoms with E-state index in [4.69, 9.17) is 9.84 Å². The molecule has 0 aromatic carbocycles. The van der Waals surface area contributed by atoms with Crippen molar-refractivity contribution in [2.24, 2.45) is 5.92 Å². The second-order valence-electron chi connectivity index (χ2n) is 5.13. The molecule has 5 heteroatoms. The van der Waals surface area contributed by atoms with Crippen LogP contribution in [0, 0.1) is 5.92 Å². The van der Waals surface area contributed by atoms with Crippen molar-refractivity contribution in [3.05, 3.63) is 11.8 Å². The molecule has 0 radical (unpaired) electrons. The van der Waals surface area contributed by atoms with Gasteiger partial charge < -0.3 is 9.84 Å². The van der Waals surface area contributed by atoms with Crippen LogP contribution in [0.15, 0.2) is 11.8 Å². The number of carboxylic acid groups (broad SMARTS) is 1. The van der Waals surface area contributed by atoms with E-state index in [0.29, 0.717) is 13.0 Å². The fraction of sp³-hybridized carbons (Fsp3) is 0.667. The van der Waals surface area contributed by atoms with Crippen LogP contribution in [0.1, 0.15) is 34.1 Å². The molecule has 0 bridgehead atoms. The third kappa shape index (κ3) is 3.47. The Balaban J connectivity index is 2.76. The third-order valence-electron chi connectivity index (χ3n) is 2.52. The van der Waals surface area contributed by atoms with Crippen LogP contribution in [-0.2, 0) is 9.53 Å². The summed E-state index contributed by atoms with van der Waals surface area (Å²) < 4.78 is 5.19. The zero-order valence-electron chi connectivity index (χ0n) is 10.7. The van der Waals surface area contributed by atoms with Crippen molar-refractivity contribution in [1.82, 2.24) is 4.90 Å². The molecule has 1 N–H and O–H groups in total. The molecule has 17 heavy (non-hydrogen) atoms. The number of rotatable bonds is 2. The van der Waals surface area contributed by atoms with E-state index >= 15 is 0 Å². The van der Waals surface area contributed by atoms with Gasteiger partial charge in [0, 0.05) is 18.7 Å². The van der Waals surface area contributed by atoms with E-state index in [0.717, 1.165) is 0 Å². The van der Waals surface area contributed by atoms with Gasteiger partial charge in [-0.15, -0.1) is 0 Å². The molecule has 0 saturated heterocycles.